The van der Waals surface area contributed by atoms with Crippen LogP contribution < -0.4 is 10.6 Å². The number of anilines is 1. The second-order valence-corrected chi connectivity index (χ2v) is 9.78. The topological polar surface area (TPSA) is 90.8 Å². The lowest BCUT2D eigenvalue weighted by Crippen LogP contribution is -2.35. The summed E-state index contributed by atoms with van der Waals surface area (Å²) in [7, 11) is 0. The molecule has 0 bridgehead atoms. The first-order valence-corrected chi connectivity index (χ1v) is 11.5. The van der Waals surface area contributed by atoms with Crippen LogP contribution in [0.1, 0.15) is 67.9 Å². The number of piperidine rings is 1. The predicted molar refractivity (Wildman–Crippen MR) is 128 cm³/mol. The van der Waals surface area contributed by atoms with Gasteiger partial charge in [0, 0.05) is 29.9 Å². The molecule has 7 heteroatoms. The summed E-state index contributed by atoms with van der Waals surface area (Å²) < 4.78 is 5.35. The first-order chi connectivity index (χ1) is 15.1. The largest absolute Gasteiger partial charge is 0.507 e. The van der Waals surface area contributed by atoms with Crippen LogP contribution in [0, 0.1) is 0 Å². The standard InChI is InChI=1S/C25H33ClN2O4/c1-25(2,3)17-12-16(23(30)21(26)13-17)15-28-19-7-8-20(22(29)14-19)24(31)32-11-9-18-6-4-5-10-27-18/h7-8,12-14,18,27-30H,4-6,9-11,15H2,1-3H3. The summed E-state index contributed by atoms with van der Waals surface area (Å²) in [6.45, 7) is 7.88. The van der Waals surface area contributed by atoms with Gasteiger partial charge in [0.1, 0.15) is 17.1 Å². The first-order valence-electron chi connectivity index (χ1n) is 11.1. The van der Waals surface area contributed by atoms with Crippen LogP contribution in [0.2, 0.25) is 5.02 Å². The number of aromatic hydroxyl groups is 2. The summed E-state index contributed by atoms with van der Waals surface area (Å²) in [6.07, 6.45) is 4.26. The number of nitrogens with one attached hydrogen (secondary N) is 2. The number of carbonyl (C=O) groups excluding carboxylic acids is 1. The van der Waals surface area contributed by atoms with Crippen molar-refractivity contribution in [2.24, 2.45) is 0 Å². The Morgan fingerprint density at radius 1 is 1.22 bits per heavy atom. The van der Waals surface area contributed by atoms with E-state index in [0.717, 1.165) is 24.9 Å². The van der Waals surface area contributed by atoms with Crippen LogP contribution in [0.3, 0.4) is 0 Å². The van der Waals surface area contributed by atoms with Crippen molar-refractivity contribution in [2.45, 2.75) is 64.5 Å². The molecule has 0 spiro atoms. The number of hydrogen-bond acceptors (Lipinski definition) is 6. The van der Waals surface area contributed by atoms with E-state index in [1.807, 2.05) is 6.07 Å². The van der Waals surface area contributed by atoms with Gasteiger partial charge in [-0.15, -0.1) is 0 Å². The lowest BCUT2D eigenvalue weighted by molar-refractivity contribution is 0.0482. The fraction of sp³-hybridized carbons (Fsp3) is 0.480. The summed E-state index contributed by atoms with van der Waals surface area (Å²) in [5.74, 6) is -0.655. The van der Waals surface area contributed by atoms with Crippen LogP contribution in [0.4, 0.5) is 5.69 Å². The summed E-state index contributed by atoms with van der Waals surface area (Å²) in [6, 6.07) is 8.80. The Morgan fingerprint density at radius 2 is 2.00 bits per heavy atom. The van der Waals surface area contributed by atoms with Crippen molar-refractivity contribution in [3.63, 3.8) is 0 Å². The molecular formula is C25H33ClN2O4. The van der Waals surface area contributed by atoms with Crippen molar-refractivity contribution >= 4 is 23.3 Å². The Kier molecular flexibility index (Phi) is 7.91. The Morgan fingerprint density at radius 3 is 2.66 bits per heavy atom. The van der Waals surface area contributed by atoms with Crippen molar-refractivity contribution in [1.29, 1.82) is 0 Å². The molecule has 2 aromatic carbocycles. The van der Waals surface area contributed by atoms with Gasteiger partial charge in [-0.2, -0.15) is 0 Å². The van der Waals surface area contributed by atoms with Crippen LogP contribution in [-0.2, 0) is 16.7 Å². The molecule has 3 rings (SSSR count). The number of rotatable bonds is 7. The number of hydrogen-bond donors (Lipinski definition) is 4. The van der Waals surface area contributed by atoms with Gasteiger partial charge in [0.15, 0.2) is 0 Å². The lowest BCUT2D eigenvalue weighted by atomic mass is 9.86. The molecule has 2 aromatic rings. The van der Waals surface area contributed by atoms with E-state index in [2.05, 4.69) is 31.4 Å². The number of carbonyl (C=O) groups is 1. The number of benzene rings is 2. The van der Waals surface area contributed by atoms with Gasteiger partial charge in [0.25, 0.3) is 0 Å². The van der Waals surface area contributed by atoms with E-state index in [0.29, 0.717) is 35.5 Å². The second-order valence-electron chi connectivity index (χ2n) is 9.37. The molecule has 0 saturated carbocycles. The molecule has 6 nitrogen and oxygen atoms in total. The molecule has 0 aliphatic carbocycles. The first kappa shape index (κ1) is 24.2. The molecule has 1 heterocycles. The van der Waals surface area contributed by atoms with Gasteiger partial charge in [-0.05, 0) is 61.1 Å². The monoisotopic (exact) mass is 460 g/mol. The fourth-order valence-electron chi connectivity index (χ4n) is 3.78. The molecule has 0 radical (unpaired) electrons. The third-order valence-corrected chi connectivity index (χ3v) is 6.11. The van der Waals surface area contributed by atoms with Crippen LogP contribution in [0.5, 0.6) is 11.5 Å². The van der Waals surface area contributed by atoms with Crippen molar-refractivity contribution in [1.82, 2.24) is 5.32 Å². The van der Waals surface area contributed by atoms with E-state index in [-0.39, 0.29) is 22.5 Å². The van der Waals surface area contributed by atoms with E-state index in [1.54, 1.807) is 12.1 Å². The molecule has 1 fully saturated rings. The third kappa shape index (κ3) is 6.30. The normalized spacial score (nSPS) is 16.6. The van der Waals surface area contributed by atoms with Gasteiger partial charge < -0.3 is 25.6 Å². The zero-order chi connectivity index (χ0) is 23.3. The van der Waals surface area contributed by atoms with Gasteiger partial charge in [0.05, 0.1) is 11.6 Å². The minimum Gasteiger partial charge on any atom is -0.507 e. The van der Waals surface area contributed by atoms with E-state index in [1.165, 1.54) is 25.0 Å². The van der Waals surface area contributed by atoms with Crippen LogP contribution in [0.15, 0.2) is 30.3 Å². The highest BCUT2D eigenvalue weighted by Gasteiger charge is 2.19. The van der Waals surface area contributed by atoms with Gasteiger partial charge in [-0.3, -0.25) is 0 Å². The summed E-state index contributed by atoms with van der Waals surface area (Å²) >= 11 is 6.21. The number of phenols is 2. The van der Waals surface area contributed by atoms with Gasteiger partial charge in [-0.1, -0.05) is 38.8 Å². The fourth-order valence-corrected chi connectivity index (χ4v) is 4.02. The predicted octanol–water partition coefficient (Wildman–Crippen LogP) is 5.35. The second kappa shape index (κ2) is 10.5. The summed E-state index contributed by atoms with van der Waals surface area (Å²) in [4.78, 5) is 12.3. The highest BCUT2D eigenvalue weighted by molar-refractivity contribution is 6.32. The molecule has 174 valence electrons. The third-order valence-electron chi connectivity index (χ3n) is 5.82. The lowest BCUT2D eigenvalue weighted by Gasteiger charge is -2.23. The zero-order valence-corrected chi connectivity index (χ0v) is 19.8. The number of phenolic OH excluding ortho intramolecular Hbond substituents is 2. The smallest absolute Gasteiger partial charge is 0.341 e. The molecular weight excluding hydrogens is 428 g/mol. The highest BCUT2D eigenvalue weighted by atomic mass is 35.5. The molecule has 0 amide bonds. The van der Waals surface area contributed by atoms with E-state index < -0.39 is 5.97 Å². The molecule has 1 aliphatic heterocycles. The number of esters is 1. The van der Waals surface area contributed by atoms with E-state index in [9.17, 15) is 15.0 Å². The van der Waals surface area contributed by atoms with Gasteiger partial charge >= 0.3 is 5.97 Å². The summed E-state index contributed by atoms with van der Waals surface area (Å²) in [5, 5.41) is 27.5. The quantitative estimate of drug-likeness (QED) is 0.416. The maximum absolute atomic E-state index is 12.3. The maximum Gasteiger partial charge on any atom is 0.341 e. The minimum atomic E-state index is -0.535. The molecule has 1 aliphatic rings. The number of ether oxygens (including phenoxy) is 1. The van der Waals surface area contributed by atoms with Crippen molar-refractivity contribution in [2.75, 3.05) is 18.5 Å². The van der Waals surface area contributed by atoms with Crippen molar-refractivity contribution < 1.29 is 19.7 Å². The van der Waals surface area contributed by atoms with Crippen molar-refractivity contribution in [3.8, 4) is 11.5 Å². The molecule has 1 atom stereocenters. The Labute approximate surface area is 194 Å². The Hall–Kier alpha value is -2.44. The van der Waals surface area contributed by atoms with Crippen LogP contribution >= 0.6 is 11.6 Å². The molecule has 1 unspecified atom stereocenters. The Bertz CT molecular complexity index is 950. The van der Waals surface area contributed by atoms with Gasteiger partial charge in [-0.25, -0.2) is 4.79 Å². The number of halogens is 1. The van der Waals surface area contributed by atoms with Crippen molar-refractivity contribution in [3.05, 3.63) is 52.0 Å². The maximum atomic E-state index is 12.3. The summed E-state index contributed by atoms with van der Waals surface area (Å²) in [5.41, 5.74) is 2.30. The van der Waals surface area contributed by atoms with Crippen LogP contribution in [-0.4, -0.2) is 35.4 Å². The molecule has 1 saturated heterocycles. The molecule has 4 N–H and O–H groups in total. The minimum absolute atomic E-state index is 0.0315. The van der Waals surface area contributed by atoms with E-state index >= 15 is 0 Å². The molecule has 0 aromatic heterocycles. The average Bonchev–Trinajstić information content (AvgIpc) is 2.74. The zero-order valence-electron chi connectivity index (χ0n) is 19.0. The van der Waals surface area contributed by atoms with Gasteiger partial charge in [0.2, 0.25) is 0 Å². The van der Waals surface area contributed by atoms with E-state index in [4.69, 9.17) is 16.3 Å². The average molecular weight is 461 g/mol. The van der Waals surface area contributed by atoms with Crippen LogP contribution in [0.25, 0.3) is 0 Å². The Balaban J connectivity index is 1.59. The highest BCUT2D eigenvalue weighted by Crippen LogP contribution is 2.34. The molecule has 32 heavy (non-hydrogen) atoms. The SMILES string of the molecule is CC(C)(C)c1cc(Cl)c(O)c(CNc2ccc(C(=O)OCCC3CCCCN3)c(O)c2)c1.